The summed E-state index contributed by atoms with van der Waals surface area (Å²) in [6.45, 7) is 1.99. The minimum atomic E-state index is 0.0262. The van der Waals surface area contributed by atoms with Crippen LogP contribution in [0.25, 0.3) is 5.69 Å². The van der Waals surface area contributed by atoms with E-state index in [1.807, 2.05) is 44.4 Å². The number of aromatic nitrogens is 5. The van der Waals surface area contributed by atoms with E-state index in [1.54, 1.807) is 22.4 Å². The fourth-order valence-electron chi connectivity index (χ4n) is 2.34. The summed E-state index contributed by atoms with van der Waals surface area (Å²) in [6, 6.07) is 9.42. The van der Waals surface area contributed by atoms with Crippen LogP contribution < -0.4 is 4.74 Å². The third kappa shape index (κ3) is 3.18. The van der Waals surface area contributed by atoms with Crippen molar-refractivity contribution in [1.29, 1.82) is 0 Å². The number of nitrogens with zero attached hydrogens (tertiary/aromatic N) is 5. The number of benzene rings is 1. The highest BCUT2D eigenvalue weighted by atomic mass is 32.2. The molecule has 0 aliphatic heterocycles. The number of carbonyl (C=O) groups is 1. The molecule has 0 saturated carbocycles. The third-order valence-electron chi connectivity index (χ3n) is 3.57. The van der Waals surface area contributed by atoms with Gasteiger partial charge >= 0.3 is 0 Å². The van der Waals surface area contributed by atoms with E-state index >= 15 is 0 Å². The van der Waals surface area contributed by atoms with Gasteiger partial charge in [0.1, 0.15) is 11.4 Å². The van der Waals surface area contributed by atoms with E-state index < -0.39 is 0 Å². The molecule has 2 heterocycles. The minimum absolute atomic E-state index is 0.0262. The molecule has 0 aliphatic carbocycles. The molecule has 0 aliphatic rings. The number of thioether (sulfide) groups is 1. The van der Waals surface area contributed by atoms with E-state index in [1.165, 1.54) is 11.8 Å². The normalized spacial score (nSPS) is 10.8. The first-order valence-corrected chi connectivity index (χ1v) is 8.29. The van der Waals surface area contributed by atoms with Gasteiger partial charge < -0.3 is 9.30 Å². The average Bonchev–Trinajstić information content (AvgIpc) is 3.21. The van der Waals surface area contributed by atoms with Crippen molar-refractivity contribution in [2.45, 2.75) is 12.1 Å². The topological polar surface area (TPSA) is 74.8 Å². The van der Waals surface area contributed by atoms with Crippen molar-refractivity contribution in [3.8, 4) is 11.4 Å². The first kappa shape index (κ1) is 16.3. The summed E-state index contributed by atoms with van der Waals surface area (Å²) in [5.41, 5.74) is 2.48. The molecule has 2 aromatic heterocycles. The Hall–Kier alpha value is -2.61. The van der Waals surface area contributed by atoms with Crippen LogP contribution >= 0.6 is 11.8 Å². The lowest BCUT2D eigenvalue weighted by Gasteiger charge is -2.10. The summed E-state index contributed by atoms with van der Waals surface area (Å²) < 4.78 is 8.78. The third-order valence-corrected chi connectivity index (χ3v) is 4.48. The van der Waals surface area contributed by atoms with E-state index in [2.05, 4.69) is 15.5 Å². The van der Waals surface area contributed by atoms with Gasteiger partial charge in [-0.05, 0) is 47.2 Å². The molecule has 8 heteroatoms. The molecular weight excluding hydrogens is 326 g/mol. The van der Waals surface area contributed by atoms with Crippen LogP contribution in [0, 0.1) is 6.92 Å². The number of carbonyl (C=O) groups excluding carboxylic acids is 1. The molecule has 0 radical (unpaired) electrons. The zero-order valence-electron chi connectivity index (χ0n) is 13.6. The summed E-state index contributed by atoms with van der Waals surface area (Å²) >= 11 is 1.30. The molecule has 0 N–H and O–H groups in total. The number of ether oxygens (including phenoxy) is 1. The quantitative estimate of drug-likeness (QED) is 0.505. The number of hydrogen-bond donors (Lipinski definition) is 0. The average molecular weight is 343 g/mol. The highest BCUT2D eigenvalue weighted by molar-refractivity contribution is 7.99. The Morgan fingerprint density at radius 3 is 2.88 bits per heavy atom. The smallest absolute Gasteiger partial charge is 0.214 e. The number of ketones is 1. The maximum absolute atomic E-state index is 12.3. The Labute approximate surface area is 143 Å². The van der Waals surface area contributed by atoms with Crippen LogP contribution in [-0.2, 0) is 7.05 Å². The number of aryl methyl sites for hydroxylation is 2. The van der Waals surface area contributed by atoms with Gasteiger partial charge in [0.15, 0.2) is 5.78 Å². The minimum Gasteiger partial charge on any atom is -0.494 e. The first-order chi connectivity index (χ1) is 11.6. The van der Waals surface area contributed by atoms with E-state index in [-0.39, 0.29) is 11.5 Å². The van der Waals surface area contributed by atoms with Gasteiger partial charge in [-0.1, -0.05) is 17.8 Å². The second-order valence-electron chi connectivity index (χ2n) is 5.26. The zero-order chi connectivity index (χ0) is 17.1. The van der Waals surface area contributed by atoms with E-state index in [0.29, 0.717) is 16.6 Å². The Bertz CT molecular complexity index is 871. The molecule has 0 unspecified atom stereocenters. The zero-order valence-corrected chi connectivity index (χ0v) is 14.4. The van der Waals surface area contributed by atoms with Crippen LogP contribution in [0.1, 0.15) is 16.1 Å². The Morgan fingerprint density at radius 2 is 2.17 bits per heavy atom. The molecule has 1 aromatic carbocycles. The highest BCUT2D eigenvalue weighted by Gasteiger charge is 2.16. The number of methoxy groups -OCH3 is 1. The maximum atomic E-state index is 12.3. The van der Waals surface area contributed by atoms with Gasteiger partial charge in [-0.2, -0.15) is 4.68 Å². The van der Waals surface area contributed by atoms with Crippen molar-refractivity contribution < 1.29 is 9.53 Å². The predicted octanol–water partition coefficient (Wildman–Crippen LogP) is 2.29. The van der Waals surface area contributed by atoms with Crippen LogP contribution in [-0.4, -0.2) is 43.4 Å². The molecule has 3 rings (SSSR count). The molecule has 0 bridgehead atoms. The first-order valence-electron chi connectivity index (χ1n) is 7.31. The van der Waals surface area contributed by atoms with Crippen LogP contribution in [0.15, 0.2) is 41.7 Å². The van der Waals surface area contributed by atoms with Crippen LogP contribution in [0.3, 0.4) is 0 Å². The van der Waals surface area contributed by atoms with Gasteiger partial charge in [-0.25, -0.2) is 0 Å². The molecule has 0 atom stereocenters. The van der Waals surface area contributed by atoms with Gasteiger partial charge in [0.2, 0.25) is 5.16 Å². The van der Waals surface area contributed by atoms with Crippen LogP contribution in [0.5, 0.6) is 5.75 Å². The van der Waals surface area contributed by atoms with Gasteiger partial charge in [-0.15, -0.1) is 5.10 Å². The van der Waals surface area contributed by atoms with Gasteiger partial charge in [0.05, 0.1) is 18.6 Å². The molecular formula is C16H17N5O2S. The van der Waals surface area contributed by atoms with Gasteiger partial charge in [0.25, 0.3) is 0 Å². The lowest BCUT2D eigenvalue weighted by Crippen LogP contribution is -2.09. The van der Waals surface area contributed by atoms with Crippen LogP contribution in [0.4, 0.5) is 0 Å². The summed E-state index contributed by atoms with van der Waals surface area (Å²) in [7, 11) is 3.45. The van der Waals surface area contributed by atoms with Gasteiger partial charge in [0, 0.05) is 13.2 Å². The SMILES string of the molecule is COc1ccc(C)cc1-n1nnnc1SCC(=O)c1cccn1C. The van der Waals surface area contributed by atoms with Crippen LogP contribution in [0.2, 0.25) is 0 Å². The largest absolute Gasteiger partial charge is 0.494 e. The molecule has 0 fully saturated rings. The van der Waals surface area contributed by atoms with Crippen molar-refractivity contribution in [2.24, 2.45) is 7.05 Å². The molecule has 0 spiro atoms. The monoisotopic (exact) mass is 343 g/mol. The molecule has 0 amide bonds. The number of Topliss-reactive ketones (excluding diaryl/α,β-unsaturated/α-hetero) is 1. The molecule has 124 valence electrons. The summed E-state index contributed by atoms with van der Waals surface area (Å²) in [6.07, 6.45) is 1.85. The molecule has 0 saturated heterocycles. The second-order valence-corrected chi connectivity index (χ2v) is 6.21. The standard InChI is InChI=1S/C16H17N5O2S/c1-11-6-7-15(23-3)13(9-11)21-16(17-18-19-21)24-10-14(22)12-5-4-8-20(12)2/h4-9H,10H2,1-3H3. The maximum Gasteiger partial charge on any atom is 0.214 e. The van der Waals surface area contributed by atoms with Gasteiger partial charge in [-0.3, -0.25) is 4.79 Å². The second kappa shape index (κ2) is 6.88. The molecule has 7 nitrogen and oxygen atoms in total. The fourth-order valence-corrected chi connectivity index (χ4v) is 3.10. The molecule has 3 aromatic rings. The molecule has 24 heavy (non-hydrogen) atoms. The lowest BCUT2D eigenvalue weighted by molar-refractivity contribution is 0.101. The van der Waals surface area contributed by atoms with Crippen molar-refractivity contribution in [2.75, 3.05) is 12.9 Å². The summed E-state index contributed by atoms with van der Waals surface area (Å²) in [5, 5.41) is 12.3. The number of rotatable bonds is 6. The Balaban J connectivity index is 1.83. The van der Waals surface area contributed by atoms with Crippen molar-refractivity contribution in [3.63, 3.8) is 0 Å². The van der Waals surface area contributed by atoms with E-state index in [4.69, 9.17) is 4.74 Å². The summed E-state index contributed by atoms with van der Waals surface area (Å²) in [5.74, 6) is 0.952. The highest BCUT2D eigenvalue weighted by Crippen LogP contribution is 2.27. The van der Waals surface area contributed by atoms with Crippen molar-refractivity contribution in [3.05, 3.63) is 47.8 Å². The van der Waals surface area contributed by atoms with Crippen molar-refractivity contribution >= 4 is 17.5 Å². The summed E-state index contributed by atoms with van der Waals surface area (Å²) in [4.78, 5) is 12.3. The number of tetrazole rings is 1. The predicted molar refractivity (Wildman–Crippen MR) is 90.9 cm³/mol. The number of hydrogen-bond acceptors (Lipinski definition) is 6. The van der Waals surface area contributed by atoms with Crippen molar-refractivity contribution in [1.82, 2.24) is 24.8 Å². The lowest BCUT2D eigenvalue weighted by atomic mass is 10.2. The van der Waals surface area contributed by atoms with E-state index in [9.17, 15) is 4.79 Å². The fraction of sp³-hybridized carbons (Fsp3) is 0.250. The van der Waals surface area contributed by atoms with E-state index in [0.717, 1.165) is 11.3 Å². The Kier molecular flexibility index (Phi) is 4.66. The Morgan fingerprint density at radius 1 is 1.33 bits per heavy atom.